The van der Waals surface area contributed by atoms with Crippen molar-refractivity contribution in [1.82, 2.24) is 4.98 Å². The van der Waals surface area contributed by atoms with Gasteiger partial charge in [0.1, 0.15) is 5.69 Å². The number of hydrogen-bond acceptors (Lipinski definition) is 5. The fourth-order valence-corrected chi connectivity index (χ4v) is 4.10. The molecule has 14 heteroatoms. The van der Waals surface area contributed by atoms with Gasteiger partial charge in [0.05, 0.1) is 21.2 Å². The Morgan fingerprint density at radius 2 is 1.81 bits per heavy atom. The summed E-state index contributed by atoms with van der Waals surface area (Å²) in [5.41, 5.74) is -1.85. The van der Waals surface area contributed by atoms with E-state index in [1.807, 2.05) is 4.72 Å². The molecule has 0 radical (unpaired) electrons. The van der Waals surface area contributed by atoms with Gasteiger partial charge in [0.15, 0.2) is 11.6 Å². The van der Waals surface area contributed by atoms with Gasteiger partial charge in [-0.25, -0.2) is 17.8 Å². The van der Waals surface area contributed by atoms with Crippen LogP contribution in [0.2, 0.25) is 5.02 Å². The maximum Gasteiger partial charge on any atom is 0.417 e. The summed E-state index contributed by atoms with van der Waals surface area (Å²) in [6, 6.07) is 5.13. The Kier molecular flexibility index (Phi) is 7.55. The molecule has 0 saturated carbocycles. The molecule has 0 bridgehead atoms. The molecule has 0 aliphatic carbocycles. The Morgan fingerprint density at radius 3 is 2.44 bits per heavy atom. The molecule has 2 aromatic carbocycles. The van der Waals surface area contributed by atoms with Gasteiger partial charge in [0.25, 0.3) is 10.0 Å². The molecule has 0 atom stereocenters. The Labute approximate surface area is 206 Å². The van der Waals surface area contributed by atoms with Gasteiger partial charge >= 0.3 is 6.18 Å². The highest BCUT2D eigenvalue weighted by Crippen LogP contribution is 2.37. The van der Waals surface area contributed by atoms with Crippen molar-refractivity contribution in [3.8, 4) is 11.6 Å². The molecule has 0 aliphatic heterocycles. The zero-order valence-corrected chi connectivity index (χ0v) is 19.7. The predicted octanol–water partition coefficient (Wildman–Crippen LogP) is 6.06. The molecule has 1 aromatic heterocycles. The van der Waals surface area contributed by atoms with Crippen molar-refractivity contribution in [2.75, 3.05) is 10.0 Å². The number of rotatable bonds is 7. The van der Waals surface area contributed by atoms with Crippen LogP contribution < -0.4 is 14.8 Å². The topological polar surface area (TPSA) is 97.4 Å². The summed E-state index contributed by atoms with van der Waals surface area (Å²) in [6.45, 7) is 4.72. The Morgan fingerprint density at radius 1 is 1.11 bits per heavy atom. The number of nitrogens with zero attached hydrogens (tertiary/aromatic N) is 1. The fourth-order valence-electron chi connectivity index (χ4n) is 2.80. The molecule has 3 aromatic rings. The third kappa shape index (κ3) is 5.91. The van der Waals surface area contributed by atoms with E-state index < -0.39 is 66.5 Å². The van der Waals surface area contributed by atoms with Crippen molar-refractivity contribution in [3.05, 3.63) is 83.0 Å². The number of amides is 1. The first-order valence-electron chi connectivity index (χ1n) is 9.68. The van der Waals surface area contributed by atoms with E-state index >= 15 is 0 Å². The second-order valence-corrected chi connectivity index (χ2v) is 9.23. The van der Waals surface area contributed by atoms with Crippen molar-refractivity contribution in [3.63, 3.8) is 0 Å². The van der Waals surface area contributed by atoms with Crippen molar-refractivity contribution in [2.45, 2.75) is 18.0 Å². The average molecular weight is 548 g/mol. The first-order valence-corrected chi connectivity index (χ1v) is 11.5. The lowest BCUT2D eigenvalue weighted by Gasteiger charge is -2.15. The van der Waals surface area contributed by atoms with Crippen LogP contribution in [0.3, 0.4) is 0 Å². The van der Waals surface area contributed by atoms with Crippen LogP contribution in [0.5, 0.6) is 11.6 Å². The van der Waals surface area contributed by atoms with Gasteiger partial charge in [-0.2, -0.15) is 17.6 Å². The zero-order valence-electron chi connectivity index (χ0n) is 18.1. The quantitative estimate of drug-likeness (QED) is 0.277. The number of aryl methyl sites for hydroxylation is 1. The third-order valence-corrected chi connectivity index (χ3v) is 6.18. The molecule has 7 nitrogen and oxygen atoms in total. The molecule has 2 N–H and O–H groups in total. The Hall–Kier alpha value is -3.71. The lowest BCUT2D eigenvalue weighted by molar-refractivity contribution is -0.137. The molecule has 0 aliphatic rings. The van der Waals surface area contributed by atoms with Gasteiger partial charge < -0.3 is 10.1 Å². The van der Waals surface area contributed by atoms with E-state index in [9.17, 15) is 35.2 Å². The minimum atomic E-state index is -4.92. The number of carbonyl (C=O) groups excluding carboxylic acids is 1. The van der Waals surface area contributed by atoms with Crippen molar-refractivity contribution >= 4 is 38.9 Å². The SMILES string of the molecule is C=CC(=O)Nc1ccc(Oc2ncc(C)cc2NS(=O)(=O)c2ccc(Cl)c(C(F)(F)F)c2)c(F)c1F. The zero-order chi connectivity index (χ0) is 26.8. The van der Waals surface area contributed by atoms with Crippen LogP contribution in [0.15, 0.2) is 60.1 Å². The van der Waals surface area contributed by atoms with Crippen molar-refractivity contribution in [2.24, 2.45) is 0 Å². The molecular weight excluding hydrogens is 533 g/mol. The number of aromatic nitrogens is 1. The van der Waals surface area contributed by atoms with Crippen LogP contribution in [0.1, 0.15) is 11.1 Å². The number of sulfonamides is 1. The van der Waals surface area contributed by atoms with Gasteiger partial charge in [0.2, 0.25) is 17.6 Å². The Balaban J connectivity index is 1.97. The second-order valence-electron chi connectivity index (χ2n) is 7.14. The summed E-state index contributed by atoms with van der Waals surface area (Å²) in [5.74, 6) is -5.05. The number of nitrogens with one attached hydrogen (secondary N) is 2. The van der Waals surface area contributed by atoms with Crippen LogP contribution in [0, 0.1) is 18.6 Å². The minimum Gasteiger partial charge on any atom is -0.434 e. The molecule has 1 amide bonds. The number of benzene rings is 2. The first kappa shape index (κ1) is 26.9. The highest BCUT2D eigenvalue weighted by atomic mass is 35.5. The first-order chi connectivity index (χ1) is 16.7. The summed E-state index contributed by atoms with van der Waals surface area (Å²) in [4.78, 5) is 14.4. The minimum absolute atomic E-state index is 0.347. The average Bonchev–Trinajstić information content (AvgIpc) is 2.79. The van der Waals surface area contributed by atoms with Gasteiger partial charge in [-0.15, -0.1) is 0 Å². The maximum atomic E-state index is 14.5. The van der Waals surface area contributed by atoms with E-state index in [1.165, 1.54) is 19.2 Å². The maximum absolute atomic E-state index is 14.5. The van der Waals surface area contributed by atoms with Crippen LogP contribution >= 0.6 is 11.6 Å². The number of ether oxygens (including phenoxy) is 1. The van der Waals surface area contributed by atoms with Crippen LogP contribution in [-0.4, -0.2) is 19.3 Å². The summed E-state index contributed by atoms with van der Waals surface area (Å²) in [7, 11) is -4.64. The van der Waals surface area contributed by atoms with E-state index in [4.69, 9.17) is 16.3 Å². The summed E-state index contributed by atoms with van der Waals surface area (Å²) >= 11 is 5.54. The van der Waals surface area contributed by atoms with E-state index in [0.29, 0.717) is 11.6 Å². The molecule has 0 saturated heterocycles. The highest BCUT2D eigenvalue weighted by Gasteiger charge is 2.34. The number of alkyl halides is 3. The van der Waals surface area contributed by atoms with Crippen molar-refractivity contribution in [1.29, 1.82) is 0 Å². The number of hydrogen-bond donors (Lipinski definition) is 2. The molecule has 1 heterocycles. The summed E-state index contributed by atoms with van der Waals surface area (Å²) < 4.78 is 101. The highest BCUT2D eigenvalue weighted by molar-refractivity contribution is 7.92. The number of pyridine rings is 1. The van der Waals surface area contributed by atoms with Crippen molar-refractivity contribution < 1.29 is 39.9 Å². The van der Waals surface area contributed by atoms with Gasteiger partial charge in [-0.1, -0.05) is 18.2 Å². The molecular formula is C22H15ClF5N3O4S. The molecule has 190 valence electrons. The fraction of sp³-hybridized carbons (Fsp3) is 0.0909. The van der Waals surface area contributed by atoms with E-state index in [1.54, 1.807) is 0 Å². The number of anilines is 2. The molecule has 0 unspecified atom stereocenters. The molecule has 36 heavy (non-hydrogen) atoms. The van der Waals surface area contributed by atoms with Crippen LogP contribution in [-0.2, 0) is 21.0 Å². The lowest BCUT2D eigenvalue weighted by Crippen LogP contribution is -2.16. The third-order valence-electron chi connectivity index (χ3n) is 4.48. The monoisotopic (exact) mass is 547 g/mol. The largest absolute Gasteiger partial charge is 0.434 e. The number of carbonyl (C=O) groups is 1. The molecule has 0 fully saturated rings. The van der Waals surface area contributed by atoms with E-state index in [-0.39, 0.29) is 5.69 Å². The number of halogens is 6. The lowest BCUT2D eigenvalue weighted by atomic mass is 10.2. The smallest absolute Gasteiger partial charge is 0.417 e. The molecule has 3 rings (SSSR count). The summed E-state index contributed by atoms with van der Waals surface area (Å²) in [5, 5.41) is 1.35. The van der Waals surface area contributed by atoms with Crippen LogP contribution in [0.25, 0.3) is 0 Å². The summed E-state index contributed by atoms with van der Waals surface area (Å²) in [6.07, 6.45) is -2.85. The van der Waals surface area contributed by atoms with Gasteiger partial charge in [-0.3, -0.25) is 9.52 Å². The molecule has 0 spiro atoms. The second kappa shape index (κ2) is 10.1. The van der Waals surface area contributed by atoms with Gasteiger partial charge in [-0.05, 0) is 55.0 Å². The normalized spacial score (nSPS) is 11.6. The van der Waals surface area contributed by atoms with Gasteiger partial charge in [0, 0.05) is 6.20 Å². The Bertz CT molecular complexity index is 1460. The predicted molar refractivity (Wildman–Crippen MR) is 121 cm³/mol. The standard InChI is InChI=1S/C22H15ClF5N3O4S/c1-3-18(32)30-15-6-7-17(20(25)19(15)24)35-21-16(8-11(2)10-29-21)31-36(33,34)12-4-5-14(23)13(9-12)22(26,27)28/h3-10,31H,1H2,2H3,(H,30,32). The van der Waals surface area contributed by atoms with E-state index in [2.05, 4.69) is 16.9 Å². The van der Waals surface area contributed by atoms with E-state index in [0.717, 1.165) is 30.3 Å². The van der Waals surface area contributed by atoms with Crippen LogP contribution in [0.4, 0.5) is 33.3 Å².